The summed E-state index contributed by atoms with van der Waals surface area (Å²) in [5.74, 6) is -1.16. The molecule has 1 rings (SSSR count). The van der Waals surface area contributed by atoms with E-state index in [1.54, 1.807) is 0 Å². The van der Waals surface area contributed by atoms with E-state index in [1.165, 1.54) is 39.2 Å². The van der Waals surface area contributed by atoms with Gasteiger partial charge in [0.15, 0.2) is 0 Å². The van der Waals surface area contributed by atoms with E-state index >= 15 is 0 Å². The summed E-state index contributed by atoms with van der Waals surface area (Å²) in [5, 5.41) is 11.5. The number of anilines is 1. The molecule has 0 fully saturated rings. The minimum Gasteiger partial charge on any atom is -0.497 e. The smallest absolute Gasteiger partial charge is 0.337 e. The molecule has 0 heterocycles. The number of carbonyl (C=O) groups excluding carboxylic acids is 1. The second-order valence-electron chi connectivity index (χ2n) is 4.39. The Morgan fingerprint density at radius 2 is 2.00 bits per heavy atom. The number of amides is 1. The van der Waals surface area contributed by atoms with Crippen molar-refractivity contribution in [2.75, 3.05) is 12.4 Å². The molecule has 1 aromatic carbocycles. The highest BCUT2D eigenvalue weighted by Gasteiger charge is 2.23. The van der Waals surface area contributed by atoms with Crippen LogP contribution >= 0.6 is 0 Å². The Bertz CT molecular complexity index is 477. The summed E-state index contributed by atoms with van der Waals surface area (Å²) >= 11 is 0. The second kappa shape index (κ2) is 5.05. The summed E-state index contributed by atoms with van der Waals surface area (Å²) in [7, 11) is 1.45. The van der Waals surface area contributed by atoms with E-state index in [4.69, 9.17) is 15.6 Å². The van der Waals surface area contributed by atoms with Gasteiger partial charge in [0.2, 0.25) is 5.91 Å². The van der Waals surface area contributed by atoms with Gasteiger partial charge in [-0.1, -0.05) is 0 Å². The summed E-state index contributed by atoms with van der Waals surface area (Å²) in [6.45, 7) is 3.06. The molecular formula is C12H16N2O4. The van der Waals surface area contributed by atoms with E-state index in [1.807, 2.05) is 0 Å². The zero-order valence-corrected chi connectivity index (χ0v) is 10.5. The predicted octanol–water partition coefficient (Wildman–Crippen LogP) is 1.07. The fraction of sp³-hybridized carbons (Fsp3) is 0.333. The van der Waals surface area contributed by atoms with E-state index in [0.29, 0.717) is 5.75 Å². The van der Waals surface area contributed by atoms with Gasteiger partial charge in [-0.05, 0) is 26.0 Å². The molecule has 98 valence electrons. The molecule has 18 heavy (non-hydrogen) atoms. The number of carboxylic acid groups (broad SMARTS) is 1. The number of aromatic carboxylic acids is 1. The largest absolute Gasteiger partial charge is 0.497 e. The fourth-order valence-electron chi connectivity index (χ4n) is 1.22. The Kier molecular flexibility index (Phi) is 3.93. The van der Waals surface area contributed by atoms with Gasteiger partial charge < -0.3 is 20.9 Å². The molecule has 6 heteroatoms. The number of methoxy groups -OCH3 is 1. The van der Waals surface area contributed by atoms with Crippen molar-refractivity contribution in [1.29, 1.82) is 0 Å². The summed E-state index contributed by atoms with van der Waals surface area (Å²) < 4.78 is 4.98. The van der Waals surface area contributed by atoms with Crippen molar-refractivity contribution in [2.24, 2.45) is 5.73 Å². The van der Waals surface area contributed by atoms with E-state index in [-0.39, 0.29) is 11.3 Å². The number of carboxylic acids is 1. The first kappa shape index (κ1) is 14.0. The molecule has 1 amide bonds. The molecule has 4 N–H and O–H groups in total. The third-order valence-corrected chi connectivity index (χ3v) is 2.29. The van der Waals surface area contributed by atoms with Crippen molar-refractivity contribution >= 4 is 17.6 Å². The maximum Gasteiger partial charge on any atom is 0.337 e. The molecule has 1 aromatic rings. The third kappa shape index (κ3) is 3.21. The highest BCUT2D eigenvalue weighted by molar-refractivity contribution is 6.03. The van der Waals surface area contributed by atoms with Crippen LogP contribution in [-0.4, -0.2) is 29.6 Å². The number of rotatable bonds is 4. The van der Waals surface area contributed by atoms with Gasteiger partial charge in [0.1, 0.15) is 5.75 Å². The molecule has 0 saturated carbocycles. The molecule has 0 aliphatic rings. The maximum absolute atomic E-state index is 11.7. The van der Waals surface area contributed by atoms with Crippen LogP contribution in [0.5, 0.6) is 5.75 Å². The van der Waals surface area contributed by atoms with Crippen molar-refractivity contribution in [1.82, 2.24) is 0 Å². The lowest BCUT2D eigenvalue weighted by Crippen LogP contribution is -2.45. The van der Waals surface area contributed by atoms with E-state index in [9.17, 15) is 9.59 Å². The fourth-order valence-corrected chi connectivity index (χ4v) is 1.22. The van der Waals surface area contributed by atoms with Gasteiger partial charge in [0, 0.05) is 6.07 Å². The second-order valence-corrected chi connectivity index (χ2v) is 4.39. The van der Waals surface area contributed by atoms with E-state index in [2.05, 4.69) is 5.32 Å². The van der Waals surface area contributed by atoms with Gasteiger partial charge in [-0.3, -0.25) is 4.79 Å². The minimum absolute atomic E-state index is 0.0200. The van der Waals surface area contributed by atoms with Crippen LogP contribution in [0.25, 0.3) is 0 Å². The first-order chi connectivity index (χ1) is 8.25. The number of carbonyl (C=O) groups is 2. The number of hydrogen-bond donors (Lipinski definition) is 3. The quantitative estimate of drug-likeness (QED) is 0.744. The van der Waals surface area contributed by atoms with Crippen LogP contribution in [0.3, 0.4) is 0 Å². The van der Waals surface area contributed by atoms with Crippen molar-refractivity contribution < 1.29 is 19.4 Å². The molecule has 0 saturated heterocycles. The van der Waals surface area contributed by atoms with Crippen molar-refractivity contribution in [3.63, 3.8) is 0 Å². The van der Waals surface area contributed by atoms with Crippen LogP contribution in [0.4, 0.5) is 5.69 Å². The molecule has 0 aromatic heterocycles. The number of ether oxygens (including phenoxy) is 1. The van der Waals surface area contributed by atoms with Crippen LogP contribution in [0.2, 0.25) is 0 Å². The lowest BCUT2D eigenvalue weighted by atomic mass is 10.1. The average molecular weight is 252 g/mol. The molecule has 0 atom stereocenters. The highest BCUT2D eigenvalue weighted by Crippen LogP contribution is 2.23. The molecule has 0 spiro atoms. The Morgan fingerprint density at radius 1 is 1.39 bits per heavy atom. The van der Waals surface area contributed by atoms with Crippen LogP contribution in [0.15, 0.2) is 18.2 Å². The van der Waals surface area contributed by atoms with Crippen molar-refractivity contribution in [2.45, 2.75) is 19.4 Å². The van der Waals surface area contributed by atoms with Crippen LogP contribution in [0.1, 0.15) is 24.2 Å². The van der Waals surface area contributed by atoms with Gasteiger partial charge >= 0.3 is 5.97 Å². The SMILES string of the molecule is COc1ccc(C(=O)O)c(NC(=O)C(C)(C)N)c1. The molecular weight excluding hydrogens is 236 g/mol. The summed E-state index contributed by atoms with van der Waals surface area (Å²) in [6.07, 6.45) is 0. The molecule has 0 aliphatic heterocycles. The Balaban J connectivity index is 3.12. The maximum atomic E-state index is 11.7. The number of hydrogen-bond acceptors (Lipinski definition) is 4. The Morgan fingerprint density at radius 3 is 2.44 bits per heavy atom. The summed E-state index contributed by atoms with van der Waals surface area (Å²) in [5.41, 5.74) is 4.67. The zero-order valence-electron chi connectivity index (χ0n) is 10.5. The zero-order chi connectivity index (χ0) is 13.9. The standard InChI is InChI=1S/C12H16N2O4/c1-12(2,13)11(17)14-9-6-7(18-3)4-5-8(9)10(15)16/h4-6H,13H2,1-3H3,(H,14,17)(H,15,16). The lowest BCUT2D eigenvalue weighted by molar-refractivity contribution is -0.120. The van der Waals surface area contributed by atoms with Crippen LogP contribution < -0.4 is 15.8 Å². The van der Waals surface area contributed by atoms with Gasteiger partial charge in [-0.2, -0.15) is 0 Å². The first-order valence-electron chi connectivity index (χ1n) is 5.27. The first-order valence-corrected chi connectivity index (χ1v) is 5.27. The number of nitrogens with one attached hydrogen (secondary N) is 1. The Hall–Kier alpha value is -2.08. The monoisotopic (exact) mass is 252 g/mol. The van der Waals surface area contributed by atoms with Gasteiger partial charge in [-0.25, -0.2) is 4.79 Å². The van der Waals surface area contributed by atoms with Crippen molar-refractivity contribution in [3.05, 3.63) is 23.8 Å². The lowest BCUT2D eigenvalue weighted by Gasteiger charge is -2.19. The molecule has 6 nitrogen and oxygen atoms in total. The highest BCUT2D eigenvalue weighted by atomic mass is 16.5. The molecule has 0 unspecified atom stereocenters. The minimum atomic E-state index is -1.14. The summed E-state index contributed by atoms with van der Waals surface area (Å²) in [4.78, 5) is 22.8. The Labute approximate surface area is 105 Å². The predicted molar refractivity (Wildman–Crippen MR) is 66.8 cm³/mol. The molecule has 0 aliphatic carbocycles. The normalized spacial score (nSPS) is 10.9. The number of nitrogens with two attached hydrogens (primary N) is 1. The van der Waals surface area contributed by atoms with Crippen LogP contribution in [-0.2, 0) is 4.79 Å². The van der Waals surface area contributed by atoms with Gasteiger partial charge in [0.25, 0.3) is 0 Å². The van der Waals surface area contributed by atoms with Gasteiger partial charge in [0.05, 0.1) is 23.9 Å². The molecule has 0 bridgehead atoms. The van der Waals surface area contributed by atoms with Gasteiger partial charge in [-0.15, -0.1) is 0 Å². The van der Waals surface area contributed by atoms with Crippen molar-refractivity contribution in [3.8, 4) is 5.75 Å². The van der Waals surface area contributed by atoms with Crippen LogP contribution in [0, 0.1) is 0 Å². The third-order valence-electron chi connectivity index (χ3n) is 2.29. The molecule has 0 radical (unpaired) electrons. The summed E-state index contributed by atoms with van der Waals surface area (Å²) in [6, 6.07) is 4.31. The van der Waals surface area contributed by atoms with E-state index in [0.717, 1.165) is 0 Å². The number of benzene rings is 1. The topological polar surface area (TPSA) is 102 Å². The average Bonchev–Trinajstić information content (AvgIpc) is 2.27. The van der Waals surface area contributed by atoms with E-state index < -0.39 is 17.4 Å².